The van der Waals surface area contributed by atoms with Crippen molar-refractivity contribution in [1.29, 1.82) is 0 Å². The summed E-state index contributed by atoms with van der Waals surface area (Å²) in [5.74, 6) is 2.56. The van der Waals surface area contributed by atoms with Crippen LogP contribution in [0.5, 0.6) is 0 Å². The summed E-state index contributed by atoms with van der Waals surface area (Å²) in [7, 11) is 0. The van der Waals surface area contributed by atoms with Gasteiger partial charge in [-0.1, -0.05) is 73.0 Å². The lowest BCUT2D eigenvalue weighted by atomic mass is 9.41. The standard InChI is InChI=1S/C30H49F3O/c1-20(9-8-14-25(2,3)4)22-10-11-23-27(22,6)16-13-24-26(5)17-18-29(34,30(31,32)33)19-21(26)12-15-28(23,24)7/h12,20,22-24,34H,8-11,13-19H2,1-7H3/t20-,22-,23-,24-,26+,27-,28+,29+/m1/s1. The summed E-state index contributed by atoms with van der Waals surface area (Å²) in [5, 5.41) is 10.5. The predicted octanol–water partition coefficient (Wildman–Crippen LogP) is 9.10. The monoisotopic (exact) mass is 482 g/mol. The molecule has 0 bridgehead atoms. The van der Waals surface area contributed by atoms with Crippen molar-refractivity contribution in [2.24, 2.45) is 45.3 Å². The third-order valence-corrected chi connectivity index (χ3v) is 11.6. The lowest BCUT2D eigenvalue weighted by molar-refractivity contribution is -0.272. The van der Waals surface area contributed by atoms with Crippen LogP contribution < -0.4 is 0 Å². The van der Waals surface area contributed by atoms with Crippen molar-refractivity contribution in [2.75, 3.05) is 0 Å². The van der Waals surface area contributed by atoms with Crippen LogP contribution in [0.15, 0.2) is 11.6 Å². The molecule has 0 aliphatic heterocycles. The number of fused-ring (bicyclic) bond motifs is 5. The van der Waals surface area contributed by atoms with Crippen LogP contribution in [0.25, 0.3) is 0 Å². The van der Waals surface area contributed by atoms with E-state index in [2.05, 4.69) is 54.5 Å². The molecule has 0 amide bonds. The summed E-state index contributed by atoms with van der Waals surface area (Å²) in [5.41, 5.74) is -0.977. The van der Waals surface area contributed by atoms with Crippen molar-refractivity contribution in [2.45, 2.75) is 131 Å². The van der Waals surface area contributed by atoms with Crippen LogP contribution in [0, 0.1) is 45.3 Å². The van der Waals surface area contributed by atoms with E-state index in [4.69, 9.17) is 0 Å². The van der Waals surface area contributed by atoms with Gasteiger partial charge in [-0.25, -0.2) is 0 Å². The molecule has 0 aromatic rings. The Hall–Kier alpha value is -0.510. The fourth-order valence-corrected chi connectivity index (χ4v) is 9.68. The maximum atomic E-state index is 13.6. The molecule has 0 heterocycles. The Bertz CT molecular complexity index is 809. The molecule has 4 rings (SSSR count). The first-order valence-electron chi connectivity index (χ1n) is 13.9. The van der Waals surface area contributed by atoms with Crippen molar-refractivity contribution < 1.29 is 18.3 Å². The summed E-state index contributed by atoms with van der Waals surface area (Å²) in [6, 6.07) is 0. The molecule has 0 aromatic heterocycles. The Morgan fingerprint density at radius 1 is 0.971 bits per heavy atom. The topological polar surface area (TPSA) is 20.2 Å². The van der Waals surface area contributed by atoms with Gasteiger partial charge in [0.05, 0.1) is 0 Å². The fraction of sp³-hybridized carbons (Fsp3) is 0.933. The Morgan fingerprint density at radius 3 is 2.26 bits per heavy atom. The third-order valence-electron chi connectivity index (χ3n) is 11.6. The molecule has 0 spiro atoms. The first-order valence-corrected chi connectivity index (χ1v) is 13.9. The first kappa shape index (κ1) is 26.6. The highest BCUT2D eigenvalue weighted by atomic mass is 19.4. The van der Waals surface area contributed by atoms with Gasteiger partial charge >= 0.3 is 6.18 Å². The van der Waals surface area contributed by atoms with Crippen LogP contribution in [0.1, 0.15) is 119 Å². The van der Waals surface area contributed by atoms with E-state index < -0.39 is 11.8 Å². The molecule has 0 unspecified atom stereocenters. The Labute approximate surface area is 206 Å². The highest BCUT2D eigenvalue weighted by Gasteiger charge is 2.66. The van der Waals surface area contributed by atoms with Crippen LogP contribution in [0.2, 0.25) is 0 Å². The summed E-state index contributed by atoms with van der Waals surface area (Å²) in [6.45, 7) is 16.7. The van der Waals surface area contributed by atoms with Gasteiger partial charge in [-0.05, 0) is 96.7 Å². The van der Waals surface area contributed by atoms with Gasteiger partial charge in [-0.3, -0.25) is 0 Å². The molecule has 3 fully saturated rings. The van der Waals surface area contributed by atoms with Crippen LogP contribution in [0.4, 0.5) is 13.2 Å². The minimum Gasteiger partial charge on any atom is -0.380 e. The highest BCUT2D eigenvalue weighted by Crippen LogP contribution is 2.72. The Morgan fingerprint density at radius 2 is 1.65 bits per heavy atom. The van der Waals surface area contributed by atoms with Crippen molar-refractivity contribution >= 4 is 0 Å². The van der Waals surface area contributed by atoms with Gasteiger partial charge in [-0.2, -0.15) is 13.2 Å². The number of rotatable bonds is 4. The van der Waals surface area contributed by atoms with E-state index in [1.807, 2.05) is 0 Å². The molecule has 1 nitrogen and oxygen atoms in total. The molecule has 4 aliphatic carbocycles. The van der Waals surface area contributed by atoms with Gasteiger partial charge in [-0.15, -0.1) is 0 Å². The number of allylic oxidation sites excluding steroid dienone is 1. The summed E-state index contributed by atoms with van der Waals surface area (Å²) in [4.78, 5) is 0. The van der Waals surface area contributed by atoms with Crippen LogP contribution in [-0.4, -0.2) is 16.9 Å². The average molecular weight is 483 g/mol. The number of hydrogen-bond acceptors (Lipinski definition) is 1. The molecule has 0 saturated heterocycles. The van der Waals surface area contributed by atoms with E-state index in [0.717, 1.165) is 30.3 Å². The van der Waals surface area contributed by atoms with Gasteiger partial charge in [0.2, 0.25) is 0 Å². The van der Waals surface area contributed by atoms with E-state index in [1.54, 1.807) is 0 Å². The smallest absolute Gasteiger partial charge is 0.380 e. The second kappa shape index (κ2) is 8.25. The Balaban J connectivity index is 1.55. The van der Waals surface area contributed by atoms with Gasteiger partial charge in [0.15, 0.2) is 5.60 Å². The SMILES string of the molecule is C[C@H](CCCC(C)(C)C)[C@H]1CC[C@@H]2[C@]1(C)CC[C@H]1[C@@]2(C)CC=C2C[C@](O)(C(F)(F)F)CC[C@@]21C. The van der Waals surface area contributed by atoms with Crippen molar-refractivity contribution in [3.63, 3.8) is 0 Å². The molecule has 196 valence electrons. The quantitative estimate of drug-likeness (QED) is 0.396. The molecule has 4 heteroatoms. The zero-order valence-electron chi connectivity index (χ0n) is 22.7. The lowest BCUT2D eigenvalue weighted by Crippen LogP contribution is -2.59. The van der Waals surface area contributed by atoms with E-state index in [9.17, 15) is 18.3 Å². The molecule has 4 aliphatic rings. The van der Waals surface area contributed by atoms with Gasteiger partial charge < -0.3 is 5.11 Å². The summed E-state index contributed by atoms with van der Waals surface area (Å²) < 4.78 is 40.9. The predicted molar refractivity (Wildman–Crippen MR) is 133 cm³/mol. The largest absolute Gasteiger partial charge is 0.417 e. The molecule has 1 N–H and O–H groups in total. The second-order valence-electron chi connectivity index (χ2n) is 14.8. The van der Waals surface area contributed by atoms with Gasteiger partial charge in [0, 0.05) is 6.42 Å². The Kier molecular flexibility index (Phi) is 6.44. The first-order chi connectivity index (χ1) is 15.5. The van der Waals surface area contributed by atoms with Crippen molar-refractivity contribution in [3.05, 3.63) is 11.6 Å². The third kappa shape index (κ3) is 4.10. The molecule has 0 radical (unpaired) electrons. The van der Waals surface area contributed by atoms with Crippen LogP contribution in [0.3, 0.4) is 0 Å². The zero-order valence-corrected chi connectivity index (χ0v) is 22.7. The number of hydrogen-bond donors (Lipinski definition) is 1. The fourth-order valence-electron chi connectivity index (χ4n) is 9.68. The second-order valence-corrected chi connectivity index (χ2v) is 14.8. The van der Waals surface area contributed by atoms with Gasteiger partial charge in [0.1, 0.15) is 0 Å². The normalized spacial score (nSPS) is 45.7. The zero-order chi connectivity index (χ0) is 25.4. The van der Waals surface area contributed by atoms with Crippen LogP contribution >= 0.6 is 0 Å². The van der Waals surface area contributed by atoms with Crippen LogP contribution in [-0.2, 0) is 0 Å². The maximum Gasteiger partial charge on any atom is 0.417 e. The molecule has 8 atom stereocenters. The number of halogens is 3. The van der Waals surface area contributed by atoms with Crippen molar-refractivity contribution in [1.82, 2.24) is 0 Å². The highest BCUT2D eigenvalue weighted by molar-refractivity contribution is 5.30. The molecule has 0 aromatic carbocycles. The van der Waals surface area contributed by atoms with E-state index in [1.165, 1.54) is 38.5 Å². The van der Waals surface area contributed by atoms with E-state index >= 15 is 0 Å². The molecular formula is C30H49F3O. The van der Waals surface area contributed by atoms with Gasteiger partial charge in [0.25, 0.3) is 0 Å². The minimum atomic E-state index is -4.55. The summed E-state index contributed by atoms with van der Waals surface area (Å²) >= 11 is 0. The summed E-state index contributed by atoms with van der Waals surface area (Å²) in [6.07, 6.45) is 7.31. The number of alkyl halides is 3. The number of aliphatic hydroxyl groups is 1. The molecule has 3 saturated carbocycles. The maximum absolute atomic E-state index is 13.6. The lowest BCUT2D eigenvalue weighted by Gasteiger charge is -2.64. The molecule has 34 heavy (non-hydrogen) atoms. The van der Waals surface area contributed by atoms with E-state index in [-0.39, 0.29) is 23.7 Å². The van der Waals surface area contributed by atoms with Crippen molar-refractivity contribution in [3.8, 4) is 0 Å². The van der Waals surface area contributed by atoms with E-state index in [0.29, 0.717) is 29.1 Å². The molecular weight excluding hydrogens is 433 g/mol. The minimum absolute atomic E-state index is 0.152. The average Bonchev–Trinajstić information content (AvgIpc) is 3.05.